The van der Waals surface area contributed by atoms with Gasteiger partial charge in [0.15, 0.2) is 0 Å². The number of hydrogen-bond acceptors (Lipinski definition) is 2. The van der Waals surface area contributed by atoms with E-state index in [1.807, 2.05) is 26.1 Å². The largest absolute Gasteiger partial charge is 0.391 e. The fourth-order valence-corrected chi connectivity index (χ4v) is 2.72. The lowest BCUT2D eigenvalue weighted by Gasteiger charge is -2.33. The van der Waals surface area contributed by atoms with Gasteiger partial charge in [-0.1, -0.05) is 18.2 Å². The van der Waals surface area contributed by atoms with E-state index in [9.17, 15) is 9.50 Å². The highest BCUT2D eigenvalue weighted by molar-refractivity contribution is 5.21. The molecule has 3 heteroatoms. The molecule has 1 fully saturated rings. The molecule has 1 aromatic carbocycles. The highest BCUT2D eigenvalue weighted by Crippen LogP contribution is 2.30. The van der Waals surface area contributed by atoms with Gasteiger partial charge in [0.1, 0.15) is 5.82 Å². The summed E-state index contributed by atoms with van der Waals surface area (Å²) in [7, 11) is 1.97. The predicted octanol–water partition coefficient (Wildman–Crippen LogP) is 2.73. The van der Waals surface area contributed by atoms with Crippen molar-refractivity contribution in [2.24, 2.45) is 0 Å². The Kier molecular flexibility index (Phi) is 3.79. The molecule has 0 radical (unpaired) electrons. The Balaban J connectivity index is 2.14. The van der Waals surface area contributed by atoms with Crippen LogP contribution in [0.1, 0.15) is 37.8 Å². The van der Waals surface area contributed by atoms with Crippen LogP contribution >= 0.6 is 0 Å². The lowest BCUT2D eigenvalue weighted by atomic mass is 10.0. The van der Waals surface area contributed by atoms with Crippen LogP contribution in [-0.4, -0.2) is 29.2 Å². The average Bonchev–Trinajstić information content (AvgIpc) is 2.74. The molecule has 1 aromatic rings. The van der Waals surface area contributed by atoms with Gasteiger partial charge < -0.3 is 5.11 Å². The monoisotopic (exact) mass is 237 g/mol. The van der Waals surface area contributed by atoms with Gasteiger partial charge in [0, 0.05) is 17.6 Å². The maximum Gasteiger partial charge on any atom is 0.127 e. The molecule has 1 aliphatic carbocycles. The number of aliphatic hydroxyl groups is 1. The van der Waals surface area contributed by atoms with Gasteiger partial charge in [-0.2, -0.15) is 0 Å². The van der Waals surface area contributed by atoms with Crippen molar-refractivity contribution in [3.05, 3.63) is 35.6 Å². The maximum absolute atomic E-state index is 13.7. The van der Waals surface area contributed by atoms with Gasteiger partial charge in [-0.05, 0) is 39.3 Å². The van der Waals surface area contributed by atoms with E-state index in [1.54, 1.807) is 6.07 Å². The summed E-state index contributed by atoms with van der Waals surface area (Å²) in [6.07, 6.45) is 2.64. The van der Waals surface area contributed by atoms with E-state index in [4.69, 9.17) is 0 Å². The minimum Gasteiger partial charge on any atom is -0.391 e. The highest BCUT2D eigenvalue weighted by atomic mass is 19.1. The molecule has 1 saturated carbocycles. The first-order valence-electron chi connectivity index (χ1n) is 6.25. The Hall–Kier alpha value is -0.930. The topological polar surface area (TPSA) is 23.5 Å². The van der Waals surface area contributed by atoms with Gasteiger partial charge in [-0.3, -0.25) is 4.90 Å². The van der Waals surface area contributed by atoms with Crippen molar-refractivity contribution >= 4 is 0 Å². The summed E-state index contributed by atoms with van der Waals surface area (Å²) in [6.45, 7) is 1.99. The van der Waals surface area contributed by atoms with Gasteiger partial charge in [0.05, 0.1) is 6.10 Å². The lowest BCUT2D eigenvalue weighted by molar-refractivity contribution is 0.0646. The number of hydrogen-bond donors (Lipinski definition) is 1. The summed E-state index contributed by atoms with van der Waals surface area (Å²) in [5.41, 5.74) is 0.703. The third-order valence-corrected chi connectivity index (χ3v) is 3.93. The van der Waals surface area contributed by atoms with E-state index >= 15 is 0 Å². The Morgan fingerprint density at radius 2 is 2.06 bits per heavy atom. The number of halogens is 1. The van der Waals surface area contributed by atoms with E-state index in [1.165, 1.54) is 6.07 Å². The van der Waals surface area contributed by atoms with Crippen LogP contribution in [0.2, 0.25) is 0 Å². The van der Waals surface area contributed by atoms with E-state index in [0.717, 1.165) is 19.3 Å². The molecule has 0 saturated heterocycles. The molecule has 0 spiro atoms. The standard InChI is InChI=1S/C14H20FNO/c1-10(11-6-3-4-7-12(11)15)16(2)13-8-5-9-14(13)17/h3-4,6-7,10,13-14,17H,5,8-9H2,1-2H3. The van der Waals surface area contributed by atoms with Gasteiger partial charge in [0.25, 0.3) is 0 Å². The zero-order chi connectivity index (χ0) is 12.4. The number of benzene rings is 1. The maximum atomic E-state index is 13.7. The van der Waals surface area contributed by atoms with E-state index in [2.05, 4.69) is 4.90 Å². The number of nitrogens with zero attached hydrogens (tertiary/aromatic N) is 1. The quantitative estimate of drug-likeness (QED) is 0.873. The Morgan fingerprint density at radius 3 is 2.65 bits per heavy atom. The zero-order valence-electron chi connectivity index (χ0n) is 10.4. The second-order valence-electron chi connectivity index (χ2n) is 4.93. The number of rotatable bonds is 3. The first-order chi connectivity index (χ1) is 8.11. The first-order valence-corrected chi connectivity index (χ1v) is 6.25. The molecule has 3 atom stereocenters. The van der Waals surface area contributed by atoms with Crippen LogP contribution in [0.5, 0.6) is 0 Å². The summed E-state index contributed by atoms with van der Waals surface area (Å²) in [5.74, 6) is -0.167. The van der Waals surface area contributed by atoms with Crippen molar-refractivity contribution in [3.8, 4) is 0 Å². The molecule has 1 aliphatic rings. The molecular formula is C14H20FNO. The summed E-state index contributed by atoms with van der Waals surface area (Å²) >= 11 is 0. The van der Waals surface area contributed by atoms with Crippen molar-refractivity contribution in [3.63, 3.8) is 0 Å². The normalized spacial score (nSPS) is 26.4. The second-order valence-corrected chi connectivity index (χ2v) is 4.93. The van der Waals surface area contributed by atoms with Crippen molar-refractivity contribution in [2.45, 2.75) is 44.4 Å². The van der Waals surface area contributed by atoms with E-state index < -0.39 is 0 Å². The minimum atomic E-state index is -0.269. The third kappa shape index (κ3) is 2.50. The molecule has 94 valence electrons. The van der Waals surface area contributed by atoms with Crippen LogP contribution in [0.4, 0.5) is 4.39 Å². The molecule has 0 aliphatic heterocycles. The van der Waals surface area contributed by atoms with Crippen LogP contribution in [0, 0.1) is 5.82 Å². The average molecular weight is 237 g/mol. The smallest absolute Gasteiger partial charge is 0.127 e. The van der Waals surface area contributed by atoms with Crippen LogP contribution in [0.3, 0.4) is 0 Å². The minimum absolute atomic E-state index is 0.00560. The molecule has 17 heavy (non-hydrogen) atoms. The summed E-state index contributed by atoms with van der Waals surface area (Å²) < 4.78 is 13.7. The second kappa shape index (κ2) is 5.15. The predicted molar refractivity (Wildman–Crippen MR) is 66.2 cm³/mol. The van der Waals surface area contributed by atoms with Gasteiger partial charge in [-0.25, -0.2) is 4.39 Å². The first kappa shape index (κ1) is 12.5. The third-order valence-electron chi connectivity index (χ3n) is 3.93. The van der Waals surface area contributed by atoms with Crippen molar-refractivity contribution in [1.82, 2.24) is 4.90 Å². The van der Waals surface area contributed by atoms with Gasteiger partial charge >= 0.3 is 0 Å². The molecule has 2 rings (SSSR count). The fraction of sp³-hybridized carbons (Fsp3) is 0.571. The Labute approximate surface area is 102 Å². The summed E-state index contributed by atoms with van der Waals surface area (Å²) in [5, 5.41) is 9.89. The fourth-order valence-electron chi connectivity index (χ4n) is 2.72. The van der Waals surface area contributed by atoms with E-state index in [-0.39, 0.29) is 24.0 Å². The highest BCUT2D eigenvalue weighted by Gasteiger charge is 2.31. The summed E-state index contributed by atoms with van der Waals surface area (Å²) in [4.78, 5) is 2.09. The molecule has 3 unspecified atom stereocenters. The van der Waals surface area contributed by atoms with Crippen LogP contribution < -0.4 is 0 Å². The molecule has 0 heterocycles. The van der Waals surface area contributed by atoms with Crippen molar-refractivity contribution in [2.75, 3.05) is 7.05 Å². The van der Waals surface area contributed by atoms with Gasteiger partial charge in [-0.15, -0.1) is 0 Å². The molecule has 1 N–H and O–H groups in total. The van der Waals surface area contributed by atoms with Crippen LogP contribution in [0.15, 0.2) is 24.3 Å². The van der Waals surface area contributed by atoms with Crippen molar-refractivity contribution in [1.29, 1.82) is 0 Å². The SMILES string of the molecule is CC(c1ccccc1F)N(C)C1CCCC1O. The lowest BCUT2D eigenvalue weighted by Crippen LogP contribution is -2.39. The number of likely N-dealkylation sites (N-methyl/N-ethyl adjacent to an activating group) is 1. The zero-order valence-corrected chi connectivity index (χ0v) is 10.4. The van der Waals surface area contributed by atoms with Crippen LogP contribution in [0.25, 0.3) is 0 Å². The molecule has 0 bridgehead atoms. The Bertz CT molecular complexity index is 382. The molecule has 0 amide bonds. The molecule has 0 aromatic heterocycles. The van der Waals surface area contributed by atoms with Crippen molar-refractivity contribution < 1.29 is 9.50 Å². The van der Waals surface area contributed by atoms with E-state index in [0.29, 0.717) is 5.56 Å². The molecular weight excluding hydrogens is 217 g/mol. The number of aliphatic hydroxyl groups excluding tert-OH is 1. The van der Waals surface area contributed by atoms with Gasteiger partial charge in [0.2, 0.25) is 0 Å². The summed E-state index contributed by atoms with van der Waals surface area (Å²) in [6, 6.07) is 7.02. The molecule has 2 nitrogen and oxygen atoms in total. The Morgan fingerprint density at radius 1 is 1.35 bits per heavy atom. The van der Waals surface area contributed by atoms with Crippen LogP contribution in [-0.2, 0) is 0 Å².